The monoisotopic (exact) mass is 265 g/mol. The third-order valence-electron chi connectivity index (χ3n) is 2.89. The Morgan fingerprint density at radius 1 is 1.05 bits per heavy atom. The molecule has 1 aliphatic heterocycles. The predicted molar refractivity (Wildman–Crippen MR) is 72.7 cm³/mol. The Hall–Kier alpha value is -1.91. The number of hydrogen-bond donors (Lipinski definition) is 0. The van der Waals surface area contributed by atoms with Gasteiger partial charge in [0.15, 0.2) is 11.5 Å². The van der Waals surface area contributed by atoms with Gasteiger partial charge in [0.05, 0.1) is 27.9 Å². The number of nitrogens with zero attached hydrogens (tertiary/aromatic N) is 1. The van der Waals surface area contributed by atoms with Crippen molar-refractivity contribution in [1.29, 1.82) is 0 Å². The fraction of sp³-hybridized carbons (Fsp3) is 0.500. The molecule has 5 heteroatoms. The molecular formula is C14H19NO4. The first-order valence-corrected chi connectivity index (χ1v) is 6.04. The molecule has 0 saturated heterocycles. The van der Waals surface area contributed by atoms with E-state index in [1.54, 1.807) is 21.3 Å². The van der Waals surface area contributed by atoms with Gasteiger partial charge >= 0.3 is 0 Å². The Bertz CT molecular complexity index is 483. The zero-order chi connectivity index (χ0) is 14.0. The minimum atomic E-state index is -0.268. The second kappa shape index (κ2) is 4.99. The first-order valence-electron chi connectivity index (χ1n) is 6.04. The summed E-state index contributed by atoms with van der Waals surface area (Å²) < 4.78 is 21.7. The van der Waals surface area contributed by atoms with E-state index < -0.39 is 0 Å². The number of rotatable bonds is 4. The third kappa shape index (κ3) is 2.59. The lowest BCUT2D eigenvalue weighted by Crippen LogP contribution is -2.24. The highest BCUT2D eigenvalue weighted by Crippen LogP contribution is 2.39. The molecule has 1 heterocycles. The maximum atomic E-state index is 5.81. The average Bonchev–Trinajstić information content (AvgIpc) is 2.77. The average molecular weight is 265 g/mol. The summed E-state index contributed by atoms with van der Waals surface area (Å²) in [4.78, 5) is 4.41. The summed E-state index contributed by atoms with van der Waals surface area (Å²) in [6.07, 6.45) is 0. The van der Waals surface area contributed by atoms with Gasteiger partial charge in [-0.05, 0) is 26.0 Å². The third-order valence-corrected chi connectivity index (χ3v) is 2.89. The first kappa shape index (κ1) is 13.5. The van der Waals surface area contributed by atoms with Crippen LogP contribution in [-0.4, -0.2) is 39.4 Å². The Kier molecular flexibility index (Phi) is 3.55. The van der Waals surface area contributed by atoms with E-state index in [0.717, 1.165) is 5.56 Å². The lowest BCUT2D eigenvalue weighted by atomic mass is 10.1. The van der Waals surface area contributed by atoms with Gasteiger partial charge in [0.2, 0.25) is 11.6 Å². The molecule has 0 fully saturated rings. The molecule has 1 aliphatic rings. The van der Waals surface area contributed by atoms with Crippen LogP contribution in [0.4, 0.5) is 0 Å². The van der Waals surface area contributed by atoms with Crippen molar-refractivity contribution in [2.45, 2.75) is 19.4 Å². The topological polar surface area (TPSA) is 49.3 Å². The molecule has 1 aromatic rings. The first-order chi connectivity index (χ1) is 9.00. The molecule has 0 aromatic heterocycles. The van der Waals surface area contributed by atoms with Crippen molar-refractivity contribution < 1.29 is 18.9 Å². The van der Waals surface area contributed by atoms with Gasteiger partial charge in [-0.25, -0.2) is 4.99 Å². The Morgan fingerprint density at radius 3 is 2.00 bits per heavy atom. The molecule has 0 spiro atoms. The molecule has 1 aromatic carbocycles. The van der Waals surface area contributed by atoms with Crippen molar-refractivity contribution in [2.75, 3.05) is 27.9 Å². The van der Waals surface area contributed by atoms with Crippen LogP contribution in [0.15, 0.2) is 17.1 Å². The molecule has 0 radical (unpaired) electrons. The Labute approximate surface area is 113 Å². The number of hydrogen-bond acceptors (Lipinski definition) is 5. The molecule has 0 unspecified atom stereocenters. The van der Waals surface area contributed by atoms with Crippen LogP contribution in [-0.2, 0) is 4.74 Å². The zero-order valence-corrected chi connectivity index (χ0v) is 11.9. The number of aliphatic imine (C=N–C) groups is 1. The summed E-state index contributed by atoms with van der Waals surface area (Å²) in [7, 11) is 4.75. The quantitative estimate of drug-likeness (QED) is 0.838. The minimum Gasteiger partial charge on any atom is -0.493 e. The smallest absolute Gasteiger partial charge is 0.217 e. The van der Waals surface area contributed by atoms with E-state index in [1.165, 1.54) is 0 Å². The van der Waals surface area contributed by atoms with Crippen molar-refractivity contribution in [2.24, 2.45) is 4.99 Å². The standard InChI is InChI=1S/C14H19NO4/c1-14(2)8-15-13(19-14)9-6-10(16-3)12(18-5)11(7-9)17-4/h6-7H,8H2,1-5H3. The van der Waals surface area contributed by atoms with E-state index in [9.17, 15) is 0 Å². The summed E-state index contributed by atoms with van der Waals surface area (Å²) in [5, 5.41) is 0. The van der Waals surface area contributed by atoms with Gasteiger partial charge in [-0.3, -0.25) is 0 Å². The van der Waals surface area contributed by atoms with Crippen LogP contribution in [0.2, 0.25) is 0 Å². The van der Waals surface area contributed by atoms with E-state index in [1.807, 2.05) is 26.0 Å². The van der Waals surface area contributed by atoms with Gasteiger partial charge in [0.25, 0.3) is 0 Å². The van der Waals surface area contributed by atoms with Crippen LogP contribution >= 0.6 is 0 Å². The molecule has 5 nitrogen and oxygen atoms in total. The second-order valence-electron chi connectivity index (χ2n) is 4.90. The molecule has 19 heavy (non-hydrogen) atoms. The van der Waals surface area contributed by atoms with E-state index in [2.05, 4.69) is 4.99 Å². The second-order valence-corrected chi connectivity index (χ2v) is 4.90. The summed E-state index contributed by atoms with van der Waals surface area (Å²) in [6.45, 7) is 4.64. The summed E-state index contributed by atoms with van der Waals surface area (Å²) in [5.74, 6) is 2.34. The summed E-state index contributed by atoms with van der Waals surface area (Å²) in [6, 6.07) is 3.67. The van der Waals surface area contributed by atoms with Crippen LogP contribution in [0.1, 0.15) is 19.4 Å². The van der Waals surface area contributed by atoms with E-state index in [0.29, 0.717) is 29.7 Å². The van der Waals surface area contributed by atoms with Crippen molar-refractivity contribution in [1.82, 2.24) is 0 Å². The maximum Gasteiger partial charge on any atom is 0.217 e. The highest BCUT2D eigenvalue weighted by Gasteiger charge is 2.29. The number of ether oxygens (including phenoxy) is 4. The largest absolute Gasteiger partial charge is 0.493 e. The zero-order valence-electron chi connectivity index (χ0n) is 11.9. The van der Waals surface area contributed by atoms with Gasteiger partial charge in [-0.1, -0.05) is 0 Å². The fourth-order valence-corrected chi connectivity index (χ4v) is 1.94. The normalized spacial score (nSPS) is 16.6. The van der Waals surface area contributed by atoms with Gasteiger partial charge in [-0.15, -0.1) is 0 Å². The predicted octanol–water partition coefficient (Wildman–Crippen LogP) is 2.27. The molecular weight excluding hydrogens is 246 g/mol. The molecule has 0 N–H and O–H groups in total. The molecule has 0 amide bonds. The lowest BCUT2D eigenvalue weighted by Gasteiger charge is -2.18. The van der Waals surface area contributed by atoms with Crippen LogP contribution in [0, 0.1) is 0 Å². The van der Waals surface area contributed by atoms with Crippen molar-refractivity contribution in [3.8, 4) is 17.2 Å². The number of methoxy groups -OCH3 is 3. The number of benzene rings is 1. The van der Waals surface area contributed by atoms with Crippen molar-refractivity contribution >= 4 is 5.90 Å². The van der Waals surface area contributed by atoms with E-state index in [4.69, 9.17) is 18.9 Å². The lowest BCUT2D eigenvalue weighted by molar-refractivity contribution is 0.131. The van der Waals surface area contributed by atoms with Gasteiger partial charge in [-0.2, -0.15) is 0 Å². The maximum absolute atomic E-state index is 5.81. The Balaban J connectivity index is 2.43. The summed E-state index contributed by atoms with van der Waals surface area (Å²) >= 11 is 0. The van der Waals surface area contributed by atoms with E-state index >= 15 is 0 Å². The van der Waals surface area contributed by atoms with Crippen LogP contribution in [0.3, 0.4) is 0 Å². The minimum absolute atomic E-state index is 0.268. The van der Waals surface area contributed by atoms with E-state index in [-0.39, 0.29) is 5.60 Å². The van der Waals surface area contributed by atoms with Crippen LogP contribution < -0.4 is 14.2 Å². The molecule has 2 rings (SSSR count). The molecule has 104 valence electrons. The summed E-state index contributed by atoms with van der Waals surface area (Å²) in [5.41, 5.74) is 0.551. The molecule has 0 atom stereocenters. The van der Waals surface area contributed by atoms with Crippen LogP contribution in [0.5, 0.6) is 17.2 Å². The highest BCUT2D eigenvalue weighted by molar-refractivity contribution is 5.96. The van der Waals surface area contributed by atoms with Crippen LogP contribution in [0.25, 0.3) is 0 Å². The highest BCUT2D eigenvalue weighted by atomic mass is 16.5. The van der Waals surface area contributed by atoms with Gasteiger partial charge in [0.1, 0.15) is 5.60 Å². The fourth-order valence-electron chi connectivity index (χ4n) is 1.94. The van der Waals surface area contributed by atoms with Gasteiger partial charge in [0, 0.05) is 5.56 Å². The molecule has 0 bridgehead atoms. The van der Waals surface area contributed by atoms with Crippen molar-refractivity contribution in [3.05, 3.63) is 17.7 Å². The SMILES string of the molecule is COc1cc(C2=NCC(C)(C)O2)cc(OC)c1OC. The van der Waals surface area contributed by atoms with Crippen molar-refractivity contribution in [3.63, 3.8) is 0 Å². The molecule has 0 saturated carbocycles. The Morgan fingerprint density at radius 2 is 1.63 bits per heavy atom. The molecule has 0 aliphatic carbocycles. The van der Waals surface area contributed by atoms with Gasteiger partial charge < -0.3 is 18.9 Å².